The van der Waals surface area contributed by atoms with Gasteiger partial charge in [-0.25, -0.2) is 4.68 Å². The highest BCUT2D eigenvalue weighted by Crippen LogP contribution is 2.08. The van der Waals surface area contributed by atoms with Gasteiger partial charge in [-0.3, -0.25) is 0 Å². The average Bonchev–Trinajstić information content (AvgIpc) is 2.85. The van der Waals surface area contributed by atoms with Crippen LogP contribution in [0.1, 0.15) is 12.1 Å². The van der Waals surface area contributed by atoms with Gasteiger partial charge in [0.05, 0.1) is 12.2 Å². The van der Waals surface area contributed by atoms with E-state index in [9.17, 15) is 0 Å². The summed E-state index contributed by atoms with van der Waals surface area (Å²) in [6.45, 7) is 1.28. The first-order valence-electron chi connectivity index (χ1n) is 6.01. The van der Waals surface area contributed by atoms with Gasteiger partial charge < -0.3 is 4.74 Å². The molecule has 2 rings (SSSR count). The van der Waals surface area contributed by atoms with Crippen molar-refractivity contribution in [3.05, 3.63) is 42.2 Å². The fourth-order valence-electron chi connectivity index (χ4n) is 1.58. The van der Waals surface area contributed by atoms with E-state index in [0.717, 1.165) is 24.3 Å². The lowest BCUT2D eigenvalue weighted by molar-refractivity contribution is 0.289. The van der Waals surface area contributed by atoms with Crippen molar-refractivity contribution in [1.29, 1.82) is 0 Å². The third-order valence-electron chi connectivity index (χ3n) is 2.48. The number of aryl methyl sites for hydroxylation is 1. The van der Waals surface area contributed by atoms with Crippen molar-refractivity contribution < 1.29 is 4.74 Å². The van der Waals surface area contributed by atoms with Gasteiger partial charge in [-0.1, -0.05) is 23.4 Å². The molecule has 0 amide bonds. The molecule has 0 fully saturated rings. The molecule has 18 heavy (non-hydrogen) atoms. The van der Waals surface area contributed by atoms with E-state index in [-0.39, 0.29) is 0 Å². The number of benzene rings is 1. The molecule has 4 nitrogen and oxygen atoms in total. The van der Waals surface area contributed by atoms with Crippen LogP contribution in [-0.4, -0.2) is 27.5 Å². The molecule has 0 spiro atoms. The fourth-order valence-corrected chi connectivity index (χ4v) is 1.72. The number of rotatable bonds is 7. The van der Waals surface area contributed by atoms with Crippen molar-refractivity contribution in [2.45, 2.75) is 19.4 Å². The minimum absolute atomic E-state index is 0.586. The summed E-state index contributed by atoms with van der Waals surface area (Å²) in [5, 5.41) is 8.12. The van der Waals surface area contributed by atoms with Crippen LogP contribution in [0, 0.1) is 0 Å². The Balaban J connectivity index is 1.75. The predicted molar refractivity (Wildman–Crippen MR) is 71.0 cm³/mol. The maximum atomic E-state index is 5.63. The number of para-hydroxylation sites is 1. The normalized spacial score (nSPS) is 10.5. The van der Waals surface area contributed by atoms with Gasteiger partial charge >= 0.3 is 0 Å². The summed E-state index contributed by atoms with van der Waals surface area (Å²) in [6.07, 6.45) is 3.75. The second-order valence-corrected chi connectivity index (χ2v) is 4.30. The topological polar surface area (TPSA) is 39.9 Å². The van der Waals surface area contributed by atoms with Gasteiger partial charge in [0.15, 0.2) is 0 Å². The summed E-state index contributed by atoms with van der Waals surface area (Å²) in [5.41, 5.74) is 0.982. The van der Waals surface area contributed by atoms with Crippen LogP contribution >= 0.6 is 11.6 Å². The fraction of sp³-hybridized carbons (Fsp3) is 0.385. The zero-order valence-electron chi connectivity index (χ0n) is 10.1. The minimum atomic E-state index is 0.586. The van der Waals surface area contributed by atoms with Gasteiger partial charge in [-0.15, -0.1) is 16.7 Å². The molecule has 0 aliphatic rings. The van der Waals surface area contributed by atoms with Gasteiger partial charge in [-0.2, -0.15) is 0 Å². The first-order valence-corrected chi connectivity index (χ1v) is 6.55. The van der Waals surface area contributed by atoms with Crippen LogP contribution in [0.2, 0.25) is 0 Å². The zero-order valence-corrected chi connectivity index (χ0v) is 10.9. The smallest absolute Gasteiger partial charge is 0.119 e. The molecular weight excluding hydrogens is 250 g/mol. The molecule has 1 aromatic carbocycles. The van der Waals surface area contributed by atoms with E-state index >= 15 is 0 Å². The average molecular weight is 266 g/mol. The largest absolute Gasteiger partial charge is 0.492 e. The Bertz CT molecular complexity index is 458. The molecule has 0 aliphatic carbocycles. The molecule has 0 unspecified atom stereocenters. The van der Waals surface area contributed by atoms with Gasteiger partial charge in [0.2, 0.25) is 0 Å². The molecule has 0 N–H and O–H groups in total. The number of halogens is 1. The number of ether oxygens (including phenoxy) is 1. The molecule has 0 atom stereocenters. The molecule has 0 aliphatic heterocycles. The van der Waals surface area contributed by atoms with E-state index in [1.165, 1.54) is 0 Å². The number of hydrogen-bond donors (Lipinski definition) is 0. The molecule has 96 valence electrons. The summed E-state index contributed by atoms with van der Waals surface area (Å²) in [5.74, 6) is 1.53. The Hall–Kier alpha value is -1.55. The molecule has 1 aromatic heterocycles. The van der Waals surface area contributed by atoms with Gasteiger partial charge in [0.1, 0.15) is 12.4 Å². The molecule has 5 heteroatoms. The maximum Gasteiger partial charge on any atom is 0.119 e. The number of aromatic nitrogens is 3. The SMILES string of the molecule is ClCCCc1cn(CCOc2ccccc2)nn1. The Morgan fingerprint density at radius 1 is 1.22 bits per heavy atom. The highest BCUT2D eigenvalue weighted by Gasteiger charge is 2.00. The second-order valence-electron chi connectivity index (χ2n) is 3.93. The molecule has 0 saturated heterocycles. The van der Waals surface area contributed by atoms with Gasteiger partial charge in [-0.05, 0) is 25.0 Å². The third-order valence-corrected chi connectivity index (χ3v) is 2.75. The lowest BCUT2D eigenvalue weighted by atomic mass is 10.3. The lowest BCUT2D eigenvalue weighted by Crippen LogP contribution is -2.08. The number of hydrogen-bond acceptors (Lipinski definition) is 3. The van der Waals surface area contributed by atoms with E-state index in [4.69, 9.17) is 16.3 Å². The van der Waals surface area contributed by atoms with Gasteiger partial charge in [0.25, 0.3) is 0 Å². The van der Waals surface area contributed by atoms with Crippen LogP contribution in [0.3, 0.4) is 0 Å². The van der Waals surface area contributed by atoms with Crippen LogP contribution in [0.15, 0.2) is 36.5 Å². The zero-order chi connectivity index (χ0) is 12.6. The lowest BCUT2D eigenvalue weighted by Gasteiger charge is -2.04. The summed E-state index contributed by atoms with van der Waals surface area (Å²) in [4.78, 5) is 0. The first-order chi connectivity index (χ1) is 8.88. The van der Waals surface area contributed by atoms with Crippen molar-refractivity contribution in [3.63, 3.8) is 0 Å². The van der Waals surface area contributed by atoms with Crippen molar-refractivity contribution in [3.8, 4) is 5.75 Å². The van der Waals surface area contributed by atoms with Crippen molar-refractivity contribution >= 4 is 11.6 Å². The highest BCUT2D eigenvalue weighted by molar-refractivity contribution is 6.17. The molecule has 1 heterocycles. The van der Waals surface area contributed by atoms with Crippen molar-refractivity contribution in [2.75, 3.05) is 12.5 Å². The highest BCUT2D eigenvalue weighted by atomic mass is 35.5. The predicted octanol–water partition coefficient (Wildman–Crippen LogP) is 2.53. The molecule has 2 aromatic rings. The van der Waals surface area contributed by atoms with E-state index in [0.29, 0.717) is 19.0 Å². The number of alkyl halides is 1. The second kappa shape index (κ2) is 7.01. The van der Waals surface area contributed by atoms with E-state index in [1.54, 1.807) is 4.68 Å². The first kappa shape index (κ1) is 12.9. The van der Waals surface area contributed by atoms with E-state index < -0.39 is 0 Å². The Morgan fingerprint density at radius 2 is 2.06 bits per heavy atom. The van der Waals surface area contributed by atoms with Crippen molar-refractivity contribution in [2.24, 2.45) is 0 Å². The molecule has 0 radical (unpaired) electrons. The summed E-state index contributed by atoms with van der Waals surface area (Å²) >= 11 is 5.63. The summed E-state index contributed by atoms with van der Waals surface area (Å²) < 4.78 is 7.39. The Labute approximate surface area is 112 Å². The van der Waals surface area contributed by atoms with Crippen LogP contribution in [-0.2, 0) is 13.0 Å². The van der Waals surface area contributed by atoms with Crippen LogP contribution < -0.4 is 4.74 Å². The minimum Gasteiger partial charge on any atom is -0.492 e. The van der Waals surface area contributed by atoms with Gasteiger partial charge in [0, 0.05) is 12.1 Å². The number of nitrogens with zero attached hydrogens (tertiary/aromatic N) is 3. The van der Waals surface area contributed by atoms with Crippen LogP contribution in [0.25, 0.3) is 0 Å². The quantitative estimate of drug-likeness (QED) is 0.723. The van der Waals surface area contributed by atoms with E-state index in [2.05, 4.69) is 10.3 Å². The Kier molecular flexibility index (Phi) is 5.02. The summed E-state index contributed by atoms with van der Waals surface area (Å²) in [7, 11) is 0. The third kappa shape index (κ3) is 4.04. The molecular formula is C13H16ClN3O. The van der Waals surface area contributed by atoms with Crippen LogP contribution in [0.4, 0.5) is 0 Å². The van der Waals surface area contributed by atoms with Crippen molar-refractivity contribution in [1.82, 2.24) is 15.0 Å². The molecule has 0 bridgehead atoms. The van der Waals surface area contributed by atoms with E-state index in [1.807, 2.05) is 36.5 Å². The Morgan fingerprint density at radius 3 is 2.83 bits per heavy atom. The standard InChI is InChI=1S/C13H16ClN3O/c14-8-4-5-12-11-17(16-15-12)9-10-18-13-6-2-1-3-7-13/h1-3,6-7,11H,4-5,8-10H2. The summed E-state index contributed by atoms with van der Waals surface area (Å²) in [6, 6.07) is 9.75. The van der Waals surface area contributed by atoms with Crippen LogP contribution in [0.5, 0.6) is 5.75 Å². The maximum absolute atomic E-state index is 5.63. The molecule has 0 saturated carbocycles. The monoisotopic (exact) mass is 265 g/mol.